The molecule has 0 aliphatic carbocycles. The fourth-order valence-electron chi connectivity index (χ4n) is 3.58. The summed E-state index contributed by atoms with van der Waals surface area (Å²) in [4.78, 5) is 20.4. The summed E-state index contributed by atoms with van der Waals surface area (Å²) < 4.78 is 27.7. The van der Waals surface area contributed by atoms with Crippen molar-refractivity contribution in [3.8, 4) is 22.4 Å². The van der Waals surface area contributed by atoms with Gasteiger partial charge in [-0.05, 0) is 31.5 Å². The van der Waals surface area contributed by atoms with Crippen molar-refractivity contribution >= 4 is 11.6 Å². The van der Waals surface area contributed by atoms with Crippen LogP contribution in [0.3, 0.4) is 0 Å². The van der Waals surface area contributed by atoms with Gasteiger partial charge in [-0.15, -0.1) is 9.50 Å². The number of benzene rings is 1. The van der Waals surface area contributed by atoms with Crippen molar-refractivity contribution in [2.75, 3.05) is 5.73 Å². The van der Waals surface area contributed by atoms with E-state index in [2.05, 4.69) is 15.1 Å². The molecule has 4 rings (SSSR count). The number of nitrogens with zero attached hydrogens (tertiary/aromatic N) is 4. The number of halogens is 2. The molecule has 0 bridgehead atoms. The number of aryl methyl sites for hydroxylation is 3. The number of anilines is 1. The predicted octanol–water partition coefficient (Wildman–Crippen LogP) is 2.89. The average Bonchev–Trinajstić information content (AvgIpc) is 3.03. The molecular formula is C21H21F2N6O+. The van der Waals surface area contributed by atoms with Crippen LogP contribution in [-0.2, 0) is 6.54 Å². The van der Waals surface area contributed by atoms with Crippen molar-refractivity contribution in [1.82, 2.24) is 19.2 Å². The second-order valence-corrected chi connectivity index (χ2v) is 7.11. The summed E-state index contributed by atoms with van der Waals surface area (Å²) in [5, 5.41) is 4.38. The van der Waals surface area contributed by atoms with E-state index in [-0.39, 0.29) is 12.5 Å². The Morgan fingerprint density at radius 1 is 1.10 bits per heavy atom. The molecule has 154 valence electrons. The van der Waals surface area contributed by atoms with Gasteiger partial charge in [0.2, 0.25) is 12.1 Å². The smallest absolute Gasteiger partial charge is 0.290 e. The second-order valence-electron chi connectivity index (χ2n) is 7.11. The average molecular weight is 411 g/mol. The lowest BCUT2D eigenvalue weighted by Gasteiger charge is -2.10. The number of alkyl halides is 2. The molecule has 0 fully saturated rings. The Morgan fingerprint density at radius 2 is 1.77 bits per heavy atom. The van der Waals surface area contributed by atoms with Crippen LogP contribution in [0.4, 0.5) is 14.7 Å². The first kappa shape index (κ1) is 19.7. The molecule has 0 aliphatic rings. The van der Waals surface area contributed by atoms with Crippen LogP contribution in [0.25, 0.3) is 28.0 Å². The molecule has 0 unspecified atom stereocenters. The van der Waals surface area contributed by atoms with Crippen LogP contribution in [0.2, 0.25) is 0 Å². The van der Waals surface area contributed by atoms with Crippen LogP contribution in [0.1, 0.15) is 17.8 Å². The minimum atomic E-state index is -2.53. The molecular weight excluding hydrogens is 390 g/mol. The normalized spacial score (nSPS) is 11.5. The quantitative estimate of drug-likeness (QED) is 0.547. The Bertz CT molecular complexity index is 1260. The first-order chi connectivity index (χ1) is 14.3. The van der Waals surface area contributed by atoms with Gasteiger partial charge in [-0.25, -0.2) is 18.6 Å². The molecule has 0 aliphatic heterocycles. The molecule has 0 spiro atoms. The second kappa shape index (κ2) is 7.66. The number of H-pyrrole nitrogens is 1. The maximum atomic E-state index is 12.8. The first-order valence-corrected chi connectivity index (χ1v) is 9.48. The number of pyridine rings is 1. The third-order valence-corrected chi connectivity index (χ3v) is 4.80. The number of rotatable bonds is 5. The van der Waals surface area contributed by atoms with Gasteiger partial charge < -0.3 is 0 Å². The van der Waals surface area contributed by atoms with Gasteiger partial charge in [0.1, 0.15) is 5.69 Å². The summed E-state index contributed by atoms with van der Waals surface area (Å²) in [5.41, 5.74) is 10.5. The van der Waals surface area contributed by atoms with E-state index in [0.29, 0.717) is 16.9 Å². The number of fused-ring (bicyclic) bond motifs is 1. The minimum absolute atomic E-state index is 0.0726. The lowest BCUT2D eigenvalue weighted by Crippen LogP contribution is -2.28. The van der Waals surface area contributed by atoms with Gasteiger partial charge in [0.25, 0.3) is 0 Å². The zero-order chi connectivity index (χ0) is 21.4. The Balaban J connectivity index is 2.07. The maximum Gasteiger partial charge on any atom is 0.411 e. The monoisotopic (exact) mass is 411 g/mol. The Morgan fingerprint density at radius 3 is 2.40 bits per heavy atom. The molecule has 0 saturated carbocycles. The number of aromatic nitrogens is 5. The van der Waals surface area contributed by atoms with Crippen molar-refractivity contribution in [3.63, 3.8) is 0 Å². The summed E-state index contributed by atoms with van der Waals surface area (Å²) >= 11 is 0. The van der Waals surface area contributed by atoms with Gasteiger partial charge in [0.15, 0.2) is 0 Å². The number of nitrogen functional groups attached to an aromatic ring is 1. The zero-order valence-electron chi connectivity index (χ0n) is 16.6. The van der Waals surface area contributed by atoms with Crippen LogP contribution in [-0.4, -0.2) is 25.6 Å². The van der Waals surface area contributed by atoms with E-state index < -0.39 is 18.5 Å². The molecule has 3 N–H and O–H groups in total. The predicted molar refractivity (Wildman–Crippen MR) is 109 cm³/mol. The highest BCUT2D eigenvalue weighted by Crippen LogP contribution is 2.32. The first-order valence-electron chi connectivity index (χ1n) is 9.48. The summed E-state index contributed by atoms with van der Waals surface area (Å²) in [6.07, 6.45) is -3.00. The van der Waals surface area contributed by atoms with Crippen molar-refractivity contribution in [2.24, 2.45) is 0 Å². The Kier molecular flexibility index (Phi) is 5.03. The molecule has 3 heterocycles. The number of hydrogen-bond donors (Lipinski definition) is 1. The summed E-state index contributed by atoms with van der Waals surface area (Å²) in [7, 11) is 0. The van der Waals surface area contributed by atoms with Crippen molar-refractivity contribution in [1.29, 1.82) is 0 Å². The number of nitrogens with two attached hydrogens (primary N) is 1. The lowest BCUT2D eigenvalue weighted by molar-refractivity contribution is -0.351. The highest BCUT2D eigenvalue weighted by atomic mass is 19.3. The van der Waals surface area contributed by atoms with Gasteiger partial charge in [0, 0.05) is 23.4 Å². The SMILES string of the molecule is Cc1cc(-c2c(-c3ccccc3)[nH+]c(N)n3c(=O)n(CCC(F)F)nc23)cc(C)n1. The number of nitrogens with one attached hydrogen (secondary N) is 1. The van der Waals surface area contributed by atoms with Gasteiger partial charge >= 0.3 is 11.6 Å². The van der Waals surface area contributed by atoms with Gasteiger partial charge in [-0.2, -0.15) is 4.68 Å². The summed E-state index contributed by atoms with van der Waals surface area (Å²) in [6, 6.07) is 13.3. The third kappa shape index (κ3) is 3.54. The van der Waals surface area contributed by atoms with Crippen LogP contribution in [0.15, 0.2) is 47.3 Å². The molecule has 9 heteroatoms. The van der Waals surface area contributed by atoms with Crippen molar-refractivity contribution in [2.45, 2.75) is 33.2 Å². The summed E-state index contributed by atoms with van der Waals surface area (Å²) in [5.74, 6) is 0.0726. The number of aromatic amines is 1. The van der Waals surface area contributed by atoms with Gasteiger partial charge in [0.05, 0.1) is 12.1 Å². The highest BCUT2D eigenvalue weighted by molar-refractivity contribution is 5.88. The molecule has 0 radical (unpaired) electrons. The van der Waals surface area contributed by atoms with Crippen LogP contribution >= 0.6 is 0 Å². The Hall–Kier alpha value is -3.62. The van der Waals surface area contributed by atoms with E-state index in [0.717, 1.165) is 27.2 Å². The fourth-order valence-corrected chi connectivity index (χ4v) is 3.58. The van der Waals surface area contributed by atoms with Crippen LogP contribution in [0, 0.1) is 13.8 Å². The zero-order valence-corrected chi connectivity index (χ0v) is 16.6. The maximum absolute atomic E-state index is 12.8. The van der Waals surface area contributed by atoms with Gasteiger partial charge in [-0.1, -0.05) is 30.3 Å². The van der Waals surface area contributed by atoms with E-state index in [1.54, 1.807) is 0 Å². The third-order valence-electron chi connectivity index (χ3n) is 4.80. The molecule has 0 amide bonds. The molecule has 1 aromatic carbocycles. The van der Waals surface area contributed by atoms with Gasteiger partial charge in [-0.3, -0.25) is 10.7 Å². The topological polar surface area (TPSA) is 92.3 Å². The standard InChI is InChI=1S/C21H20F2N6O/c1-12-10-15(11-13(2)25-12)17-18(14-6-4-3-5-7-14)26-20(24)29-19(17)27-28(21(29)30)9-8-16(22)23/h3-7,10-11,16H,8-9H2,1-2H3,(H2,24,26)/p+1. The van der Waals surface area contributed by atoms with E-state index in [9.17, 15) is 13.6 Å². The van der Waals surface area contributed by atoms with E-state index in [1.165, 1.54) is 4.40 Å². The lowest BCUT2D eigenvalue weighted by atomic mass is 9.99. The summed E-state index contributed by atoms with van der Waals surface area (Å²) in [6.45, 7) is 3.56. The van der Waals surface area contributed by atoms with Crippen LogP contribution in [0.5, 0.6) is 0 Å². The Labute approximate surface area is 170 Å². The van der Waals surface area contributed by atoms with Crippen molar-refractivity contribution in [3.05, 3.63) is 64.3 Å². The minimum Gasteiger partial charge on any atom is -0.290 e. The molecule has 30 heavy (non-hydrogen) atoms. The van der Waals surface area contributed by atoms with E-state index >= 15 is 0 Å². The number of hydrogen-bond acceptors (Lipinski definition) is 4. The van der Waals surface area contributed by atoms with E-state index in [4.69, 9.17) is 5.73 Å². The molecule has 0 saturated heterocycles. The molecule has 4 aromatic rings. The van der Waals surface area contributed by atoms with E-state index in [1.807, 2.05) is 56.3 Å². The largest absolute Gasteiger partial charge is 0.411 e. The molecule has 7 nitrogen and oxygen atoms in total. The molecule has 3 aromatic heterocycles. The highest BCUT2D eigenvalue weighted by Gasteiger charge is 2.26. The van der Waals surface area contributed by atoms with Crippen molar-refractivity contribution < 1.29 is 13.8 Å². The molecule has 0 atom stereocenters. The fraction of sp³-hybridized carbons (Fsp3) is 0.238. The van der Waals surface area contributed by atoms with Crippen LogP contribution < -0.4 is 16.4 Å².